The van der Waals surface area contributed by atoms with Gasteiger partial charge in [-0.05, 0) is 56.5 Å². The summed E-state index contributed by atoms with van der Waals surface area (Å²) in [5, 5.41) is 17.1. The first-order chi connectivity index (χ1) is 13.7. The molecule has 0 amide bonds. The Kier molecular flexibility index (Phi) is 10.5. The molecule has 2 aliphatic rings. The van der Waals surface area contributed by atoms with Crippen molar-refractivity contribution in [3.8, 4) is 0 Å². The number of halogens is 2. The number of nitrogens with one attached hydrogen (secondary N) is 2. The predicted octanol–water partition coefficient (Wildman–Crippen LogP) is 3.05. The minimum Gasteiger partial charge on any atom is -0.396 e. The van der Waals surface area contributed by atoms with Crippen LogP contribution in [-0.4, -0.2) is 69.0 Å². The van der Waals surface area contributed by atoms with Gasteiger partial charge in [-0.15, -0.1) is 24.0 Å². The number of hydrogen-bond acceptors (Lipinski definition) is 4. The Hall–Kier alpha value is -0.610. The van der Waals surface area contributed by atoms with Crippen molar-refractivity contribution in [1.29, 1.82) is 0 Å². The Morgan fingerprint density at radius 1 is 1.34 bits per heavy atom. The van der Waals surface area contributed by atoms with Gasteiger partial charge in [-0.3, -0.25) is 9.89 Å². The van der Waals surface area contributed by atoms with Crippen LogP contribution in [0.2, 0.25) is 5.02 Å². The molecule has 8 heteroatoms. The molecule has 0 radical (unpaired) electrons. The fraction of sp³-hybridized carbons (Fsp3) is 0.667. The predicted molar refractivity (Wildman–Crippen MR) is 129 cm³/mol. The third-order valence-electron chi connectivity index (χ3n) is 5.96. The molecule has 3 rings (SSSR count). The number of hydrogen-bond donors (Lipinski definition) is 3. The van der Waals surface area contributed by atoms with Crippen molar-refractivity contribution in [3.05, 3.63) is 34.9 Å². The quantitative estimate of drug-likeness (QED) is 0.271. The van der Waals surface area contributed by atoms with Crippen LogP contribution in [0.25, 0.3) is 0 Å². The van der Waals surface area contributed by atoms with Crippen LogP contribution in [0.5, 0.6) is 0 Å². The molecule has 2 saturated heterocycles. The zero-order chi connectivity index (χ0) is 19.8. The number of nitrogens with zero attached hydrogens (tertiary/aromatic N) is 2. The lowest BCUT2D eigenvalue weighted by Crippen LogP contribution is -2.46. The number of ether oxygens (including phenoxy) is 1. The number of aliphatic imine (C=N–C) groups is 1. The highest BCUT2D eigenvalue weighted by Gasteiger charge is 2.34. The third-order valence-corrected chi connectivity index (χ3v) is 6.19. The Bertz CT molecular complexity index is 649. The van der Waals surface area contributed by atoms with E-state index in [4.69, 9.17) is 16.3 Å². The summed E-state index contributed by atoms with van der Waals surface area (Å²) in [6, 6.07) is 8.42. The van der Waals surface area contributed by atoms with Gasteiger partial charge in [0.25, 0.3) is 0 Å². The van der Waals surface area contributed by atoms with E-state index in [0.717, 1.165) is 56.6 Å². The van der Waals surface area contributed by atoms with E-state index >= 15 is 0 Å². The molecule has 1 aromatic carbocycles. The summed E-state index contributed by atoms with van der Waals surface area (Å²) >= 11 is 6.25. The molecule has 164 valence electrons. The maximum Gasteiger partial charge on any atom is 0.191 e. The van der Waals surface area contributed by atoms with Crippen molar-refractivity contribution in [3.63, 3.8) is 0 Å². The molecule has 0 aliphatic carbocycles. The summed E-state index contributed by atoms with van der Waals surface area (Å²) in [7, 11) is 1.80. The lowest BCUT2D eigenvalue weighted by molar-refractivity contribution is 0.127. The Morgan fingerprint density at radius 3 is 2.76 bits per heavy atom. The Morgan fingerprint density at radius 2 is 2.14 bits per heavy atom. The summed E-state index contributed by atoms with van der Waals surface area (Å²) in [6.07, 6.45) is 4.20. The van der Waals surface area contributed by atoms with Gasteiger partial charge in [0.1, 0.15) is 0 Å². The van der Waals surface area contributed by atoms with E-state index in [2.05, 4.69) is 32.7 Å². The van der Waals surface area contributed by atoms with E-state index in [1.807, 2.05) is 12.1 Å². The molecule has 0 spiro atoms. The van der Waals surface area contributed by atoms with E-state index < -0.39 is 0 Å². The van der Waals surface area contributed by atoms with Crippen molar-refractivity contribution in [2.24, 2.45) is 10.4 Å². The van der Waals surface area contributed by atoms with E-state index in [-0.39, 0.29) is 42.0 Å². The first-order valence-electron chi connectivity index (χ1n) is 10.3. The molecule has 1 aromatic rings. The van der Waals surface area contributed by atoms with Gasteiger partial charge in [-0.25, -0.2) is 0 Å². The van der Waals surface area contributed by atoms with E-state index in [1.165, 1.54) is 18.4 Å². The lowest BCUT2D eigenvalue weighted by atomic mass is 9.84. The number of benzene rings is 1. The molecule has 2 aliphatic heterocycles. The van der Waals surface area contributed by atoms with Gasteiger partial charge >= 0.3 is 0 Å². The topological polar surface area (TPSA) is 69.1 Å². The summed E-state index contributed by atoms with van der Waals surface area (Å²) in [5.41, 5.74) is 1.23. The Labute approximate surface area is 196 Å². The van der Waals surface area contributed by atoms with Crippen molar-refractivity contribution in [1.82, 2.24) is 15.5 Å². The van der Waals surface area contributed by atoms with Crippen LogP contribution in [0.1, 0.15) is 37.3 Å². The van der Waals surface area contributed by atoms with Gasteiger partial charge in [0.2, 0.25) is 0 Å². The average Bonchev–Trinajstić information content (AvgIpc) is 3.38. The SMILES string of the molecule is CN=C(NCC(c1cccc(Cl)c1)N1CCCC1)NCC1(CCO)CCOC1.I. The smallest absolute Gasteiger partial charge is 0.191 e. The molecule has 29 heavy (non-hydrogen) atoms. The molecule has 2 fully saturated rings. The largest absolute Gasteiger partial charge is 0.396 e. The van der Waals surface area contributed by atoms with E-state index in [9.17, 15) is 5.11 Å². The summed E-state index contributed by atoms with van der Waals surface area (Å²) in [6.45, 7) is 5.38. The minimum atomic E-state index is -0.00627. The van der Waals surface area contributed by atoms with Crippen molar-refractivity contribution >= 4 is 41.5 Å². The molecular weight excluding hydrogens is 503 g/mol. The van der Waals surface area contributed by atoms with Crippen LogP contribution < -0.4 is 10.6 Å². The molecule has 0 bridgehead atoms. The Balaban J connectivity index is 0.00000300. The van der Waals surface area contributed by atoms with Gasteiger partial charge in [0, 0.05) is 43.8 Å². The third kappa shape index (κ3) is 6.95. The standard InChI is InChI=1S/C21H33ClN4O2.HI/c1-23-20(25-15-21(7-11-27)8-12-28-16-21)24-14-19(26-9-2-3-10-26)17-5-4-6-18(22)13-17;/h4-6,13,19,27H,2-3,7-12,14-16H2,1H3,(H2,23,24,25);1H. The number of rotatable bonds is 8. The zero-order valence-corrected chi connectivity index (χ0v) is 20.3. The molecule has 0 saturated carbocycles. The van der Waals surface area contributed by atoms with Crippen molar-refractivity contribution < 1.29 is 9.84 Å². The van der Waals surface area contributed by atoms with Gasteiger partial charge in [0.05, 0.1) is 12.6 Å². The number of guanidine groups is 1. The molecule has 6 nitrogen and oxygen atoms in total. The first-order valence-corrected chi connectivity index (χ1v) is 10.7. The molecular formula is C21H34ClIN4O2. The number of aliphatic hydroxyl groups excluding tert-OH is 1. The van der Waals surface area contributed by atoms with Crippen LogP contribution in [-0.2, 0) is 4.74 Å². The van der Waals surface area contributed by atoms with Crippen molar-refractivity contribution in [2.45, 2.75) is 31.7 Å². The fourth-order valence-corrected chi connectivity index (χ4v) is 4.42. The highest BCUT2D eigenvalue weighted by molar-refractivity contribution is 14.0. The molecule has 0 aromatic heterocycles. The van der Waals surface area contributed by atoms with Crippen LogP contribution in [0.3, 0.4) is 0 Å². The normalized spacial score (nSPS) is 23.6. The van der Waals surface area contributed by atoms with Crippen LogP contribution in [0, 0.1) is 5.41 Å². The second-order valence-electron chi connectivity index (χ2n) is 7.90. The molecule has 3 N–H and O–H groups in total. The minimum absolute atomic E-state index is 0. The highest BCUT2D eigenvalue weighted by atomic mass is 127. The summed E-state index contributed by atoms with van der Waals surface area (Å²) < 4.78 is 5.58. The maximum atomic E-state index is 9.41. The first kappa shape index (κ1) is 24.7. The second kappa shape index (κ2) is 12.3. The molecule has 2 atom stereocenters. The van der Waals surface area contributed by atoms with Gasteiger partial charge in [-0.1, -0.05) is 23.7 Å². The van der Waals surface area contributed by atoms with Crippen LogP contribution in [0.4, 0.5) is 0 Å². The number of likely N-dealkylation sites (tertiary alicyclic amines) is 1. The van der Waals surface area contributed by atoms with Crippen molar-refractivity contribution in [2.75, 3.05) is 53.0 Å². The molecule has 2 unspecified atom stereocenters. The summed E-state index contributed by atoms with van der Waals surface area (Å²) in [5.74, 6) is 0.787. The van der Waals surface area contributed by atoms with E-state index in [0.29, 0.717) is 6.61 Å². The molecule has 2 heterocycles. The van der Waals surface area contributed by atoms with Gasteiger partial charge in [-0.2, -0.15) is 0 Å². The van der Waals surface area contributed by atoms with Crippen LogP contribution in [0.15, 0.2) is 29.3 Å². The lowest BCUT2D eigenvalue weighted by Gasteiger charge is -2.30. The van der Waals surface area contributed by atoms with Gasteiger partial charge < -0.3 is 20.5 Å². The average molecular weight is 537 g/mol. The van der Waals surface area contributed by atoms with E-state index in [1.54, 1.807) is 7.05 Å². The van der Waals surface area contributed by atoms with Crippen LogP contribution >= 0.6 is 35.6 Å². The maximum absolute atomic E-state index is 9.41. The highest BCUT2D eigenvalue weighted by Crippen LogP contribution is 2.31. The van der Waals surface area contributed by atoms with Gasteiger partial charge in [0.15, 0.2) is 5.96 Å². The second-order valence-corrected chi connectivity index (χ2v) is 8.33. The zero-order valence-electron chi connectivity index (χ0n) is 17.2. The number of aliphatic hydroxyl groups is 1. The monoisotopic (exact) mass is 536 g/mol. The fourth-order valence-electron chi connectivity index (χ4n) is 4.22. The summed E-state index contributed by atoms with van der Waals surface area (Å²) in [4.78, 5) is 6.91.